The van der Waals surface area contributed by atoms with Gasteiger partial charge in [0.15, 0.2) is 11.0 Å². The van der Waals surface area contributed by atoms with E-state index in [2.05, 4.69) is 15.5 Å². The average molecular weight is 414 g/mol. The second-order valence-electron chi connectivity index (χ2n) is 5.88. The first kappa shape index (κ1) is 20.5. The highest BCUT2D eigenvalue weighted by atomic mass is 32.2. The number of esters is 1. The van der Waals surface area contributed by atoms with Gasteiger partial charge in [-0.1, -0.05) is 11.8 Å². The van der Waals surface area contributed by atoms with Crippen LogP contribution in [0.4, 0.5) is 5.69 Å². The van der Waals surface area contributed by atoms with Gasteiger partial charge in [0.1, 0.15) is 11.5 Å². The van der Waals surface area contributed by atoms with Gasteiger partial charge < -0.3 is 19.5 Å². The van der Waals surface area contributed by atoms with Crippen LogP contribution in [0.15, 0.2) is 53.7 Å². The fourth-order valence-corrected chi connectivity index (χ4v) is 3.37. The van der Waals surface area contributed by atoms with Crippen molar-refractivity contribution >= 4 is 23.4 Å². The van der Waals surface area contributed by atoms with Crippen molar-refractivity contribution < 1.29 is 19.0 Å². The Balaban J connectivity index is 1.84. The molecule has 0 atom stereocenters. The summed E-state index contributed by atoms with van der Waals surface area (Å²) >= 11 is 1.27. The lowest BCUT2D eigenvalue weighted by Crippen LogP contribution is -2.09. The molecule has 0 aliphatic carbocycles. The number of thioether (sulfide) groups is 1. The van der Waals surface area contributed by atoms with Crippen LogP contribution in [0.25, 0.3) is 5.69 Å². The molecule has 29 heavy (non-hydrogen) atoms. The Morgan fingerprint density at radius 2 is 1.59 bits per heavy atom. The number of hydrogen-bond donors (Lipinski definition) is 1. The van der Waals surface area contributed by atoms with Gasteiger partial charge in [0, 0.05) is 11.4 Å². The van der Waals surface area contributed by atoms with Crippen molar-refractivity contribution in [1.29, 1.82) is 0 Å². The summed E-state index contributed by atoms with van der Waals surface area (Å²) in [7, 11) is 4.62. The highest BCUT2D eigenvalue weighted by molar-refractivity contribution is 7.99. The minimum atomic E-state index is -0.322. The molecular weight excluding hydrogens is 392 g/mol. The first-order valence-electron chi connectivity index (χ1n) is 8.81. The molecule has 0 aliphatic rings. The van der Waals surface area contributed by atoms with Crippen LogP contribution < -0.4 is 14.8 Å². The highest BCUT2D eigenvalue weighted by Gasteiger charge is 2.16. The van der Waals surface area contributed by atoms with E-state index in [-0.39, 0.29) is 11.7 Å². The Hall–Kier alpha value is -3.20. The monoisotopic (exact) mass is 414 g/mol. The zero-order valence-corrected chi connectivity index (χ0v) is 17.2. The van der Waals surface area contributed by atoms with Crippen LogP contribution in [0.5, 0.6) is 11.5 Å². The molecule has 0 aliphatic heterocycles. The molecule has 1 aromatic heterocycles. The maximum Gasteiger partial charge on any atom is 0.316 e. The molecule has 0 bridgehead atoms. The Labute approximate surface area is 173 Å². The Morgan fingerprint density at radius 3 is 2.17 bits per heavy atom. The summed E-state index contributed by atoms with van der Waals surface area (Å²) < 4.78 is 17.0. The quantitative estimate of drug-likeness (QED) is 0.422. The number of ether oxygens (including phenoxy) is 3. The molecule has 0 amide bonds. The molecule has 1 N–H and O–H groups in total. The molecule has 9 heteroatoms. The summed E-state index contributed by atoms with van der Waals surface area (Å²) in [5, 5.41) is 12.5. The molecule has 0 unspecified atom stereocenters. The number of anilines is 1. The van der Waals surface area contributed by atoms with Crippen LogP contribution >= 0.6 is 11.8 Å². The molecule has 152 valence electrons. The topological polar surface area (TPSA) is 87.5 Å². The third-order valence-electron chi connectivity index (χ3n) is 4.12. The first-order valence-corrected chi connectivity index (χ1v) is 9.79. The van der Waals surface area contributed by atoms with E-state index < -0.39 is 0 Å². The van der Waals surface area contributed by atoms with E-state index in [1.807, 2.05) is 53.1 Å². The van der Waals surface area contributed by atoms with E-state index >= 15 is 0 Å². The van der Waals surface area contributed by atoms with E-state index in [0.29, 0.717) is 17.5 Å². The number of carbonyl (C=O) groups excluding carboxylic acids is 1. The normalized spacial score (nSPS) is 10.4. The number of benzene rings is 2. The molecule has 0 radical (unpaired) electrons. The van der Waals surface area contributed by atoms with Crippen LogP contribution in [-0.2, 0) is 16.1 Å². The number of hydrogen-bond acceptors (Lipinski definition) is 8. The summed E-state index contributed by atoms with van der Waals surface area (Å²) in [6, 6.07) is 15.2. The van der Waals surface area contributed by atoms with Crippen LogP contribution in [0.2, 0.25) is 0 Å². The van der Waals surface area contributed by atoms with Gasteiger partial charge in [0.05, 0.1) is 33.6 Å². The molecule has 0 saturated heterocycles. The maximum absolute atomic E-state index is 11.5. The number of carbonyl (C=O) groups is 1. The van der Waals surface area contributed by atoms with Crippen molar-refractivity contribution in [2.45, 2.75) is 11.7 Å². The van der Waals surface area contributed by atoms with E-state index in [0.717, 1.165) is 22.9 Å². The van der Waals surface area contributed by atoms with Gasteiger partial charge in [0.2, 0.25) is 0 Å². The predicted molar refractivity (Wildman–Crippen MR) is 111 cm³/mol. The third kappa shape index (κ3) is 5.20. The van der Waals surface area contributed by atoms with Crippen molar-refractivity contribution in [3.63, 3.8) is 0 Å². The predicted octanol–water partition coefficient (Wildman–Crippen LogP) is 3.16. The van der Waals surface area contributed by atoms with Crippen molar-refractivity contribution in [3.05, 3.63) is 54.4 Å². The zero-order chi connectivity index (χ0) is 20.6. The summed E-state index contributed by atoms with van der Waals surface area (Å²) in [6.45, 7) is 0.449. The largest absolute Gasteiger partial charge is 0.497 e. The fourth-order valence-electron chi connectivity index (χ4n) is 2.57. The smallest absolute Gasteiger partial charge is 0.316 e. The van der Waals surface area contributed by atoms with Gasteiger partial charge in [-0.25, -0.2) is 0 Å². The minimum Gasteiger partial charge on any atom is -0.497 e. The summed E-state index contributed by atoms with van der Waals surface area (Å²) in [4.78, 5) is 11.5. The van der Waals surface area contributed by atoms with E-state index in [1.54, 1.807) is 14.2 Å². The number of aromatic nitrogens is 3. The standard InChI is InChI=1S/C20H22N4O4S/c1-26-16-8-4-14(5-9-16)21-12-18-22-23-20(29-13-19(25)28-3)24(18)15-6-10-17(27-2)11-7-15/h4-11,21H,12-13H2,1-3H3. The van der Waals surface area contributed by atoms with Gasteiger partial charge in [-0.15, -0.1) is 10.2 Å². The maximum atomic E-state index is 11.5. The SMILES string of the molecule is COC(=O)CSc1nnc(CNc2ccc(OC)cc2)n1-c1ccc(OC)cc1. The molecule has 0 saturated carbocycles. The van der Waals surface area contributed by atoms with Gasteiger partial charge in [-0.05, 0) is 48.5 Å². The third-order valence-corrected chi connectivity index (χ3v) is 5.02. The summed E-state index contributed by atoms with van der Waals surface area (Å²) in [5.74, 6) is 2.08. The zero-order valence-electron chi connectivity index (χ0n) is 16.4. The lowest BCUT2D eigenvalue weighted by Gasteiger charge is -2.12. The molecule has 2 aromatic carbocycles. The highest BCUT2D eigenvalue weighted by Crippen LogP contribution is 2.24. The minimum absolute atomic E-state index is 0.150. The molecule has 3 aromatic rings. The number of nitrogens with one attached hydrogen (secondary N) is 1. The number of rotatable bonds is 9. The van der Waals surface area contributed by atoms with E-state index in [1.165, 1.54) is 18.9 Å². The van der Waals surface area contributed by atoms with Gasteiger partial charge in [0.25, 0.3) is 0 Å². The number of nitrogens with zero attached hydrogens (tertiary/aromatic N) is 3. The van der Waals surface area contributed by atoms with E-state index in [9.17, 15) is 4.79 Å². The van der Waals surface area contributed by atoms with E-state index in [4.69, 9.17) is 14.2 Å². The summed E-state index contributed by atoms with van der Waals surface area (Å²) in [6.07, 6.45) is 0. The van der Waals surface area contributed by atoms with Gasteiger partial charge in [-0.2, -0.15) is 0 Å². The molecule has 0 fully saturated rings. The van der Waals surface area contributed by atoms with Gasteiger partial charge in [-0.3, -0.25) is 9.36 Å². The molecule has 3 rings (SSSR count). The Kier molecular flexibility index (Phi) is 6.96. The van der Waals surface area contributed by atoms with Crippen LogP contribution in [0, 0.1) is 0 Å². The fraction of sp³-hybridized carbons (Fsp3) is 0.250. The Bertz CT molecular complexity index is 942. The Morgan fingerprint density at radius 1 is 0.966 bits per heavy atom. The summed E-state index contributed by atoms with van der Waals surface area (Å²) in [5.41, 5.74) is 1.80. The van der Waals surface area contributed by atoms with Crippen LogP contribution in [0.1, 0.15) is 5.82 Å². The van der Waals surface area contributed by atoms with Crippen molar-refractivity contribution in [2.24, 2.45) is 0 Å². The second kappa shape index (κ2) is 9.83. The van der Waals surface area contributed by atoms with Crippen molar-refractivity contribution in [1.82, 2.24) is 14.8 Å². The van der Waals surface area contributed by atoms with Crippen molar-refractivity contribution in [3.8, 4) is 17.2 Å². The van der Waals surface area contributed by atoms with Crippen LogP contribution in [0.3, 0.4) is 0 Å². The number of methoxy groups -OCH3 is 3. The van der Waals surface area contributed by atoms with Crippen LogP contribution in [-0.4, -0.2) is 47.8 Å². The van der Waals surface area contributed by atoms with Gasteiger partial charge >= 0.3 is 5.97 Å². The molecule has 8 nitrogen and oxygen atoms in total. The lowest BCUT2D eigenvalue weighted by atomic mass is 10.3. The molecular formula is C20H22N4O4S. The first-order chi connectivity index (χ1) is 14.1. The second-order valence-corrected chi connectivity index (χ2v) is 6.82. The van der Waals surface area contributed by atoms with Crippen molar-refractivity contribution in [2.75, 3.05) is 32.4 Å². The average Bonchev–Trinajstić information content (AvgIpc) is 3.19. The lowest BCUT2D eigenvalue weighted by molar-refractivity contribution is -0.137. The molecule has 0 spiro atoms. The molecule has 1 heterocycles.